The van der Waals surface area contributed by atoms with Gasteiger partial charge in [0.15, 0.2) is 5.82 Å². The van der Waals surface area contributed by atoms with Crippen molar-refractivity contribution in [3.63, 3.8) is 0 Å². The van der Waals surface area contributed by atoms with Gasteiger partial charge < -0.3 is 5.32 Å². The lowest BCUT2D eigenvalue weighted by Gasteiger charge is -2.08. The second-order valence-electron chi connectivity index (χ2n) is 6.40. The number of rotatable bonds is 4. The Balaban J connectivity index is 1.79. The molecular formula is C22H16ClFN4O. The van der Waals surface area contributed by atoms with E-state index in [9.17, 15) is 9.18 Å². The van der Waals surface area contributed by atoms with Gasteiger partial charge in [0, 0.05) is 10.6 Å². The van der Waals surface area contributed by atoms with Gasteiger partial charge in [0.1, 0.15) is 5.82 Å². The molecular weight excluding hydrogens is 391 g/mol. The van der Waals surface area contributed by atoms with Crippen LogP contribution in [0.5, 0.6) is 0 Å². The third kappa shape index (κ3) is 3.88. The van der Waals surface area contributed by atoms with Crippen molar-refractivity contribution in [2.24, 2.45) is 0 Å². The minimum Gasteiger partial charge on any atom is -0.317 e. The van der Waals surface area contributed by atoms with Crippen molar-refractivity contribution >= 4 is 23.2 Å². The summed E-state index contributed by atoms with van der Waals surface area (Å²) in [5.74, 6) is -0.717. The van der Waals surface area contributed by atoms with Crippen molar-refractivity contribution in [3.05, 3.63) is 95.0 Å². The summed E-state index contributed by atoms with van der Waals surface area (Å²) in [6, 6.07) is 20.7. The molecule has 144 valence electrons. The average molecular weight is 407 g/mol. The van der Waals surface area contributed by atoms with Crippen LogP contribution < -0.4 is 5.32 Å². The number of para-hydroxylation sites is 2. The topological polar surface area (TPSA) is 59.8 Å². The number of benzene rings is 3. The molecule has 5 nitrogen and oxygen atoms in total. The average Bonchev–Trinajstić information content (AvgIpc) is 3.16. The van der Waals surface area contributed by atoms with Gasteiger partial charge in [-0.25, -0.2) is 14.1 Å². The zero-order valence-corrected chi connectivity index (χ0v) is 16.2. The Labute approximate surface area is 171 Å². The number of nitrogens with one attached hydrogen (secondary N) is 1. The molecule has 0 saturated heterocycles. The molecule has 3 aromatic carbocycles. The summed E-state index contributed by atoms with van der Waals surface area (Å²) in [7, 11) is 0. The fourth-order valence-corrected chi connectivity index (χ4v) is 3.03. The summed E-state index contributed by atoms with van der Waals surface area (Å²) in [6.45, 7) is 1.95. The van der Waals surface area contributed by atoms with E-state index in [1.165, 1.54) is 12.1 Å². The van der Waals surface area contributed by atoms with E-state index in [-0.39, 0.29) is 11.5 Å². The molecule has 0 aliphatic carbocycles. The maximum absolute atomic E-state index is 13.9. The Morgan fingerprint density at radius 3 is 2.41 bits per heavy atom. The first-order valence-electron chi connectivity index (χ1n) is 8.88. The highest BCUT2D eigenvalue weighted by molar-refractivity contribution is 6.30. The molecule has 0 aliphatic rings. The molecule has 0 unspecified atom stereocenters. The summed E-state index contributed by atoms with van der Waals surface area (Å²) < 4.78 is 15.5. The van der Waals surface area contributed by atoms with Crippen LogP contribution >= 0.6 is 11.6 Å². The summed E-state index contributed by atoms with van der Waals surface area (Å²) in [4.78, 5) is 17.1. The predicted octanol–water partition coefficient (Wildman–Crippen LogP) is 5.29. The largest absolute Gasteiger partial charge is 0.317 e. The van der Waals surface area contributed by atoms with Gasteiger partial charge in [-0.15, -0.1) is 5.10 Å². The smallest absolute Gasteiger partial charge is 0.295 e. The highest BCUT2D eigenvalue weighted by Gasteiger charge is 2.20. The number of anilines is 1. The van der Waals surface area contributed by atoms with Crippen LogP contribution in [0.25, 0.3) is 17.1 Å². The Hall–Kier alpha value is -3.51. The van der Waals surface area contributed by atoms with Crippen LogP contribution in [0.1, 0.15) is 16.2 Å². The van der Waals surface area contributed by atoms with Gasteiger partial charge in [-0.3, -0.25) is 4.79 Å². The van der Waals surface area contributed by atoms with E-state index in [0.29, 0.717) is 10.8 Å². The summed E-state index contributed by atoms with van der Waals surface area (Å²) in [5, 5.41) is 7.52. The van der Waals surface area contributed by atoms with E-state index in [0.717, 1.165) is 16.8 Å². The van der Waals surface area contributed by atoms with E-state index in [1.54, 1.807) is 41.1 Å². The van der Waals surface area contributed by atoms with Crippen molar-refractivity contribution < 1.29 is 9.18 Å². The molecule has 4 rings (SSSR count). The normalized spacial score (nSPS) is 10.7. The lowest BCUT2D eigenvalue weighted by molar-refractivity contribution is 0.101. The number of aryl methyl sites for hydroxylation is 1. The molecule has 29 heavy (non-hydrogen) atoms. The van der Waals surface area contributed by atoms with Gasteiger partial charge >= 0.3 is 0 Å². The molecule has 1 amide bonds. The molecule has 0 fully saturated rings. The number of halogens is 2. The van der Waals surface area contributed by atoms with Crippen LogP contribution in [-0.2, 0) is 0 Å². The van der Waals surface area contributed by atoms with Gasteiger partial charge in [-0.1, -0.05) is 41.9 Å². The monoisotopic (exact) mass is 406 g/mol. The van der Waals surface area contributed by atoms with Crippen molar-refractivity contribution in [2.75, 3.05) is 5.32 Å². The van der Waals surface area contributed by atoms with Crippen molar-refractivity contribution in [1.29, 1.82) is 0 Å². The van der Waals surface area contributed by atoms with Crippen LogP contribution in [0, 0.1) is 12.7 Å². The molecule has 0 radical (unpaired) electrons. The van der Waals surface area contributed by atoms with Gasteiger partial charge in [-0.2, -0.15) is 0 Å². The maximum Gasteiger partial charge on any atom is 0.295 e. The van der Waals surface area contributed by atoms with Gasteiger partial charge in [-0.05, 0) is 55.0 Å². The number of hydrogen-bond acceptors (Lipinski definition) is 3. The second kappa shape index (κ2) is 7.85. The first-order chi connectivity index (χ1) is 14.0. The van der Waals surface area contributed by atoms with Crippen molar-refractivity contribution in [1.82, 2.24) is 14.8 Å². The molecule has 1 aromatic heterocycles. The molecule has 0 saturated carbocycles. The lowest BCUT2D eigenvalue weighted by atomic mass is 10.2. The van der Waals surface area contributed by atoms with E-state index < -0.39 is 11.7 Å². The van der Waals surface area contributed by atoms with Gasteiger partial charge in [0.2, 0.25) is 5.82 Å². The molecule has 0 atom stereocenters. The van der Waals surface area contributed by atoms with E-state index >= 15 is 0 Å². The van der Waals surface area contributed by atoms with E-state index in [2.05, 4.69) is 15.4 Å². The fourth-order valence-electron chi connectivity index (χ4n) is 2.90. The highest BCUT2D eigenvalue weighted by Crippen LogP contribution is 2.25. The molecule has 0 bridgehead atoms. The van der Waals surface area contributed by atoms with Crippen LogP contribution in [0.3, 0.4) is 0 Å². The Kier molecular flexibility index (Phi) is 5.10. The number of aromatic nitrogens is 3. The summed E-state index contributed by atoms with van der Waals surface area (Å²) in [6.07, 6.45) is 0. The predicted molar refractivity (Wildman–Crippen MR) is 111 cm³/mol. The van der Waals surface area contributed by atoms with Crippen LogP contribution in [0.4, 0.5) is 10.1 Å². The Morgan fingerprint density at radius 2 is 1.69 bits per heavy atom. The summed E-state index contributed by atoms with van der Waals surface area (Å²) >= 11 is 6.00. The number of carbonyl (C=O) groups is 1. The van der Waals surface area contributed by atoms with Gasteiger partial charge in [0.05, 0.1) is 11.4 Å². The van der Waals surface area contributed by atoms with Crippen molar-refractivity contribution in [3.8, 4) is 17.1 Å². The molecule has 1 heterocycles. The quantitative estimate of drug-likeness (QED) is 0.501. The van der Waals surface area contributed by atoms with E-state index in [1.807, 2.05) is 31.2 Å². The summed E-state index contributed by atoms with van der Waals surface area (Å²) in [5.41, 5.74) is 2.57. The minimum absolute atomic E-state index is 0.0674. The standard InChI is InChI=1S/C22H16ClFN4O/c1-14-6-2-5-9-19(14)28-21(15-10-12-16(23)13-11-15)26-20(27-28)22(29)25-18-8-4-3-7-17(18)24/h2-13H,1H3,(H,25,29). The molecule has 7 heteroatoms. The number of carbonyl (C=O) groups excluding carboxylic acids is 1. The highest BCUT2D eigenvalue weighted by atomic mass is 35.5. The Bertz CT molecular complexity index is 1190. The van der Waals surface area contributed by atoms with E-state index in [4.69, 9.17) is 11.6 Å². The first-order valence-corrected chi connectivity index (χ1v) is 9.25. The fraction of sp³-hybridized carbons (Fsp3) is 0.0455. The minimum atomic E-state index is -0.599. The zero-order valence-electron chi connectivity index (χ0n) is 15.4. The number of hydrogen-bond donors (Lipinski definition) is 1. The molecule has 4 aromatic rings. The van der Waals surface area contributed by atoms with Crippen LogP contribution in [0.15, 0.2) is 72.8 Å². The van der Waals surface area contributed by atoms with Crippen LogP contribution in [-0.4, -0.2) is 20.7 Å². The molecule has 1 N–H and O–H groups in total. The Morgan fingerprint density at radius 1 is 1.00 bits per heavy atom. The first kappa shape index (κ1) is 18.8. The molecule has 0 spiro atoms. The van der Waals surface area contributed by atoms with Crippen LogP contribution in [0.2, 0.25) is 5.02 Å². The lowest BCUT2D eigenvalue weighted by Crippen LogP contribution is -2.15. The number of amides is 1. The third-order valence-electron chi connectivity index (χ3n) is 4.38. The van der Waals surface area contributed by atoms with Gasteiger partial charge in [0.25, 0.3) is 5.91 Å². The number of nitrogens with zero attached hydrogens (tertiary/aromatic N) is 3. The van der Waals surface area contributed by atoms with Crippen molar-refractivity contribution in [2.45, 2.75) is 6.92 Å². The SMILES string of the molecule is Cc1ccccc1-n1nc(C(=O)Nc2ccccc2F)nc1-c1ccc(Cl)cc1. The zero-order chi connectivity index (χ0) is 20.4. The molecule has 0 aliphatic heterocycles. The maximum atomic E-state index is 13.9. The second-order valence-corrected chi connectivity index (χ2v) is 6.83. The third-order valence-corrected chi connectivity index (χ3v) is 4.63.